The number of primary amides is 1. The first-order valence-electron chi connectivity index (χ1n) is 6.96. The normalized spacial score (nSPS) is 21.1. The minimum Gasteiger partial charge on any atom is -0.481 e. The van der Waals surface area contributed by atoms with Crippen LogP contribution in [0.5, 0.6) is 0 Å². The number of anilines is 1. The Bertz CT molecular complexity index is 608. The fraction of sp³-hybridized carbons (Fsp3) is 0.429. The molecule has 0 bridgehead atoms. The zero-order chi connectivity index (χ0) is 16.3. The van der Waals surface area contributed by atoms with Crippen molar-refractivity contribution < 1.29 is 19.6 Å². The molecule has 1 aromatic rings. The van der Waals surface area contributed by atoms with Crippen molar-refractivity contribution in [2.75, 3.05) is 5.32 Å². The van der Waals surface area contributed by atoms with Gasteiger partial charge in [0.2, 0.25) is 5.91 Å². The molecule has 0 atom stereocenters. The summed E-state index contributed by atoms with van der Waals surface area (Å²) in [5, 5.41) is 23.1. The smallest absolute Gasteiger partial charge is 0.306 e. The number of benzene rings is 1. The molecule has 4 N–H and O–H groups in total. The van der Waals surface area contributed by atoms with Crippen LogP contribution < -0.4 is 11.1 Å². The number of nitrogens with one attached hydrogen (secondary N) is 1. The molecule has 1 fully saturated rings. The zero-order valence-electron chi connectivity index (χ0n) is 11.8. The molecule has 118 valence electrons. The van der Waals surface area contributed by atoms with E-state index in [1.165, 1.54) is 12.1 Å². The van der Waals surface area contributed by atoms with Gasteiger partial charge in [-0.05, 0) is 37.8 Å². The summed E-state index contributed by atoms with van der Waals surface area (Å²) in [7, 11) is 0. The van der Waals surface area contributed by atoms with Crippen molar-refractivity contribution in [2.24, 2.45) is 11.7 Å². The molecule has 0 unspecified atom stereocenters. The van der Waals surface area contributed by atoms with Crippen LogP contribution >= 0.6 is 0 Å². The van der Waals surface area contributed by atoms with Gasteiger partial charge in [0, 0.05) is 17.7 Å². The Hall–Kier alpha value is -2.64. The minimum atomic E-state index is -0.796. The molecule has 22 heavy (non-hydrogen) atoms. The summed E-state index contributed by atoms with van der Waals surface area (Å²) in [6.07, 6.45) is 2.34. The number of rotatable bonds is 5. The van der Waals surface area contributed by atoms with Crippen molar-refractivity contribution in [3.05, 3.63) is 33.9 Å². The number of aliphatic carboxylic acids is 1. The molecule has 0 radical (unpaired) electrons. The number of hydrogen-bond acceptors (Lipinski definition) is 5. The van der Waals surface area contributed by atoms with Gasteiger partial charge >= 0.3 is 5.97 Å². The monoisotopic (exact) mass is 307 g/mol. The number of nitro benzene ring substituents is 1. The lowest BCUT2D eigenvalue weighted by molar-refractivity contribution is -0.384. The van der Waals surface area contributed by atoms with Gasteiger partial charge < -0.3 is 16.2 Å². The predicted molar refractivity (Wildman–Crippen MR) is 78.6 cm³/mol. The van der Waals surface area contributed by atoms with E-state index in [-0.39, 0.29) is 23.2 Å². The highest BCUT2D eigenvalue weighted by Crippen LogP contribution is 2.31. The van der Waals surface area contributed by atoms with Crippen LogP contribution in [0.2, 0.25) is 0 Å². The van der Waals surface area contributed by atoms with Crippen LogP contribution in [0.15, 0.2) is 18.2 Å². The summed E-state index contributed by atoms with van der Waals surface area (Å²) in [4.78, 5) is 32.6. The summed E-state index contributed by atoms with van der Waals surface area (Å²) in [6.45, 7) is 0. The van der Waals surface area contributed by atoms with Crippen LogP contribution in [-0.4, -0.2) is 27.9 Å². The van der Waals surface area contributed by atoms with E-state index in [1.54, 1.807) is 0 Å². The van der Waals surface area contributed by atoms with Gasteiger partial charge in [0.15, 0.2) is 0 Å². The molecule has 1 saturated carbocycles. The van der Waals surface area contributed by atoms with Gasteiger partial charge in [-0.1, -0.05) is 0 Å². The van der Waals surface area contributed by atoms with Crippen molar-refractivity contribution in [2.45, 2.75) is 31.7 Å². The Morgan fingerprint density at radius 3 is 2.41 bits per heavy atom. The summed E-state index contributed by atoms with van der Waals surface area (Å²) in [5.74, 6) is -1.86. The van der Waals surface area contributed by atoms with Crippen molar-refractivity contribution in [1.29, 1.82) is 0 Å². The quantitative estimate of drug-likeness (QED) is 0.560. The van der Waals surface area contributed by atoms with Gasteiger partial charge in [-0.3, -0.25) is 19.7 Å². The molecule has 1 aromatic carbocycles. The van der Waals surface area contributed by atoms with E-state index in [0.717, 1.165) is 6.07 Å². The lowest BCUT2D eigenvalue weighted by Crippen LogP contribution is -2.29. The van der Waals surface area contributed by atoms with Gasteiger partial charge in [-0.25, -0.2) is 0 Å². The number of nitrogens with zero attached hydrogens (tertiary/aromatic N) is 1. The number of carbonyl (C=O) groups is 2. The van der Waals surface area contributed by atoms with Crippen LogP contribution in [-0.2, 0) is 4.79 Å². The summed E-state index contributed by atoms with van der Waals surface area (Å²) < 4.78 is 0. The number of carboxylic acid groups (broad SMARTS) is 1. The first-order chi connectivity index (χ1) is 10.4. The van der Waals surface area contributed by atoms with E-state index in [1.807, 2.05) is 0 Å². The number of carbonyl (C=O) groups excluding carboxylic acids is 1. The highest BCUT2D eigenvalue weighted by atomic mass is 16.6. The maximum atomic E-state index is 11.1. The largest absolute Gasteiger partial charge is 0.481 e. The molecule has 0 heterocycles. The van der Waals surface area contributed by atoms with Crippen LogP contribution in [0.4, 0.5) is 11.4 Å². The molecule has 1 aliphatic rings. The van der Waals surface area contributed by atoms with Crippen LogP contribution in [0.3, 0.4) is 0 Å². The van der Waals surface area contributed by atoms with E-state index in [9.17, 15) is 19.7 Å². The minimum absolute atomic E-state index is 0.0197. The average molecular weight is 307 g/mol. The Morgan fingerprint density at radius 2 is 1.91 bits per heavy atom. The lowest BCUT2D eigenvalue weighted by atomic mass is 9.86. The maximum Gasteiger partial charge on any atom is 0.306 e. The van der Waals surface area contributed by atoms with Crippen LogP contribution in [0.1, 0.15) is 36.0 Å². The highest BCUT2D eigenvalue weighted by molar-refractivity contribution is 5.94. The SMILES string of the molecule is NC(=O)c1ccc(NC2CCC(C(=O)O)CC2)c([N+](=O)[O-])c1. The van der Waals surface area contributed by atoms with E-state index in [0.29, 0.717) is 31.4 Å². The molecule has 0 saturated heterocycles. The van der Waals surface area contributed by atoms with E-state index in [4.69, 9.17) is 10.8 Å². The summed E-state index contributed by atoms with van der Waals surface area (Å²) >= 11 is 0. The molecule has 8 nitrogen and oxygen atoms in total. The molecule has 0 aromatic heterocycles. The molecule has 0 aliphatic heterocycles. The second kappa shape index (κ2) is 6.42. The third-order valence-electron chi connectivity index (χ3n) is 3.91. The van der Waals surface area contributed by atoms with Gasteiger partial charge in [0.1, 0.15) is 5.69 Å². The summed E-state index contributed by atoms with van der Waals surface area (Å²) in [6, 6.07) is 4.02. The van der Waals surface area contributed by atoms with E-state index in [2.05, 4.69) is 5.32 Å². The molecule has 2 rings (SSSR count). The number of nitrogens with two attached hydrogens (primary N) is 1. The lowest BCUT2D eigenvalue weighted by Gasteiger charge is -2.27. The first-order valence-corrected chi connectivity index (χ1v) is 6.96. The first kappa shape index (κ1) is 15.7. The van der Waals surface area contributed by atoms with Crippen molar-refractivity contribution in [1.82, 2.24) is 0 Å². The Labute approximate surface area is 126 Å². The number of amides is 1. The summed E-state index contributed by atoms with van der Waals surface area (Å²) in [5.41, 5.74) is 5.30. The zero-order valence-corrected chi connectivity index (χ0v) is 11.8. The third kappa shape index (κ3) is 3.51. The van der Waals surface area contributed by atoms with E-state index >= 15 is 0 Å². The Balaban J connectivity index is 2.11. The maximum absolute atomic E-state index is 11.1. The van der Waals surface area contributed by atoms with Gasteiger partial charge in [0.05, 0.1) is 10.8 Å². The fourth-order valence-corrected chi connectivity index (χ4v) is 2.66. The molecule has 0 spiro atoms. The molecule has 1 aliphatic carbocycles. The molecular weight excluding hydrogens is 290 g/mol. The van der Waals surface area contributed by atoms with Crippen molar-refractivity contribution in [3.63, 3.8) is 0 Å². The number of carboxylic acids is 1. The van der Waals surface area contributed by atoms with Gasteiger partial charge in [0.25, 0.3) is 5.69 Å². The van der Waals surface area contributed by atoms with E-state index < -0.39 is 16.8 Å². The molecule has 8 heteroatoms. The molecule has 1 amide bonds. The van der Waals surface area contributed by atoms with Crippen molar-refractivity contribution >= 4 is 23.3 Å². The predicted octanol–water partition coefficient (Wildman–Crippen LogP) is 1.75. The average Bonchev–Trinajstić information content (AvgIpc) is 2.47. The molecular formula is C14H17N3O5. The van der Waals surface area contributed by atoms with Gasteiger partial charge in [-0.15, -0.1) is 0 Å². The number of nitro groups is 1. The van der Waals surface area contributed by atoms with Crippen LogP contribution in [0, 0.1) is 16.0 Å². The standard InChI is InChI=1S/C14H17N3O5/c15-13(18)9-3-6-11(12(7-9)17(21)22)16-10-4-1-8(2-5-10)14(19)20/h3,6-8,10,16H,1-2,4-5H2,(H2,15,18)(H,19,20). The fourth-order valence-electron chi connectivity index (χ4n) is 2.66. The second-order valence-corrected chi connectivity index (χ2v) is 5.38. The topological polar surface area (TPSA) is 136 Å². The van der Waals surface area contributed by atoms with Crippen LogP contribution in [0.25, 0.3) is 0 Å². The highest BCUT2D eigenvalue weighted by Gasteiger charge is 2.27. The van der Waals surface area contributed by atoms with Crippen molar-refractivity contribution in [3.8, 4) is 0 Å². The Kier molecular flexibility index (Phi) is 4.59. The van der Waals surface area contributed by atoms with Gasteiger partial charge in [-0.2, -0.15) is 0 Å². The second-order valence-electron chi connectivity index (χ2n) is 5.38. The third-order valence-corrected chi connectivity index (χ3v) is 3.91. The Morgan fingerprint density at radius 1 is 1.27 bits per heavy atom. The number of hydrogen-bond donors (Lipinski definition) is 3.